The van der Waals surface area contributed by atoms with Gasteiger partial charge in [0.15, 0.2) is 0 Å². The molecule has 3 N–H and O–H groups in total. The number of nitrogens with two attached hydrogens (primary N) is 1. The quantitative estimate of drug-likeness (QED) is 0.346. The smallest absolute Gasteiger partial charge is 0.0248 e. The third kappa shape index (κ3) is 8.86. The van der Waals surface area contributed by atoms with Gasteiger partial charge in [0.1, 0.15) is 0 Å². The molecule has 1 rings (SSSR count). The second kappa shape index (κ2) is 11.4. The molecule has 0 amide bonds. The summed E-state index contributed by atoms with van der Waals surface area (Å²) in [6.45, 7) is 13.5. The fourth-order valence-electron chi connectivity index (χ4n) is 3.13. The van der Waals surface area contributed by atoms with Crippen molar-refractivity contribution in [1.82, 2.24) is 5.32 Å². The Kier molecular flexibility index (Phi) is 9.80. The summed E-state index contributed by atoms with van der Waals surface area (Å²) in [5.74, 6) is 8.14. The first kappa shape index (κ1) is 19.8. The second-order valence-corrected chi connectivity index (χ2v) is 7.19. The molecule has 0 radical (unpaired) electrons. The van der Waals surface area contributed by atoms with Gasteiger partial charge in [-0.05, 0) is 63.7 Å². The first-order valence-corrected chi connectivity index (χ1v) is 9.29. The summed E-state index contributed by atoms with van der Waals surface area (Å²) in [5, 5.41) is 3.48. The first-order chi connectivity index (χ1) is 11.0. The highest BCUT2D eigenvalue weighted by Gasteiger charge is 2.17. The Bertz CT molecular complexity index is 427. The van der Waals surface area contributed by atoms with E-state index in [0.29, 0.717) is 0 Å². The minimum atomic E-state index is 0.155. The van der Waals surface area contributed by atoms with Crippen LogP contribution in [-0.4, -0.2) is 12.6 Å². The SMILES string of the molecule is C=C(CCC1CCC#CCCC1C)NCCCCC(N)C(=C)C. The zero-order valence-electron chi connectivity index (χ0n) is 15.3. The number of rotatable bonds is 10. The fourth-order valence-corrected chi connectivity index (χ4v) is 3.13. The lowest BCUT2D eigenvalue weighted by molar-refractivity contribution is 0.300. The van der Waals surface area contributed by atoms with E-state index in [1.807, 2.05) is 6.92 Å². The minimum absolute atomic E-state index is 0.155. The Labute approximate surface area is 144 Å². The van der Waals surface area contributed by atoms with Crippen LogP contribution in [0.1, 0.15) is 71.6 Å². The summed E-state index contributed by atoms with van der Waals surface area (Å²) in [4.78, 5) is 0. The Morgan fingerprint density at radius 1 is 1.22 bits per heavy atom. The normalized spacial score (nSPS) is 22.2. The molecule has 130 valence electrons. The zero-order chi connectivity index (χ0) is 17.1. The van der Waals surface area contributed by atoms with Gasteiger partial charge in [0.2, 0.25) is 0 Å². The molecule has 0 fully saturated rings. The van der Waals surface area contributed by atoms with Crippen LogP contribution in [0, 0.1) is 23.7 Å². The predicted molar refractivity (Wildman–Crippen MR) is 102 cm³/mol. The van der Waals surface area contributed by atoms with Crippen LogP contribution in [0.15, 0.2) is 24.4 Å². The maximum Gasteiger partial charge on any atom is 0.0248 e. The molecular weight excluding hydrogens is 280 g/mol. The van der Waals surface area contributed by atoms with E-state index >= 15 is 0 Å². The van der Waals surface area contributed by atoms with Gasteiger partial charge in [-0.1, -0.05) is 25.7 Å². The van der Waals surface area contributed by atoms with Gasteiger partial charge in [0.25, 0.3) is 0 Å². The largest absolute Gasteiger partial charge is 0.389 e. The van der Waals surface area contributed by atoms with E-state index in [9.17, 15) is 0 Å². The Morgan fingerprint density at radius 3 is 2.61 bits per heavy atom. The van der Waals surface area contributed by atoms with Crippen LogP contribution in [0.2, 0.25) is 0 Å². The van der Waals surface area contributed by atoms with Crippen molar-refractivity contribution < 1.29 is 0 Å². The van der Waals surface area contributed by atoms with Crippen molar-refractivity contribution in [2.45, 2.75) is 77.7 Å². The standard InChI is InChI=1S/C21H36N2/c1-17(2)21(22)13-9-10-16-23-19(4)14-15-20-12-8-6-5-7-11-18(20)3/h18,20-21,23H,1,4,7-16,22H2,2-3H3. The van der Waals surface area contributed by atoms with Gasteiger partial charge in [-0.2, -0.15) is 0 Å². The van der Waals surface area contributed by atoms with Gasteiger partial charge in [-0.15, -0.1) is 11.8 Å². The number of nitrogens with one attached hydrogen (secondary N) is 1. The van der Waals surface area contributed by atoms with Crippen molar-refractivity contribution in [1.29, 1.82) is 0 Å². The number of unbranched alkanes of at least 4 members (excludes halogenated alkanes) is 1. The lowest BCUT2D eigenvalue weighted by Gasteiger charge is -2.24. The van der Waals surface area contributed by atoms with E-state index < -0.39 is 0 Å². The molecule has 3 atom stereocenters. The number of allylic oxidation sites excluding steroid dienone is 1. The predicted octanol–water partition coefficient (Wildman–Crippen LogP) is 4.77. The van der Waals surface area contributed by atoms with Gasteiger partial charge < -0.3 is 11.1 Å². The third-order valence-electron chi connectivity index (χ3n) is 5.06. The molecule has 1 aliphatic carbocycles. The summed E-state index contributed by atoms with van der Waals surface area (Å²) in [6, 6.07) is 0.155. The fraction of sp³-hybridized carbons (Fsp3) is 0.714. The molecule has 0 aromatic rings. The summed E-state index contributed by atoms with van der Waals surface area (Å²) in [5.41, 5.74) is 8.25. The van der Waals surface area contributed by atoms with Crippen LogP contribution in [0.3, 0.4) is 0 Å². The molecule has 2 heteroatoms. The van der Waals surface area contributed by atoms with Crippen LogP contribution >= 0.6 is 0 Å². The van der Waals surface area contributed by atoms with Crippen molar-refractivity contribution in [3.8, 4) is 11.8 Å². The molecule has 1 aliphatic rings. The minimum Gasteiger partial charge on any atom is -0.389 e. The summed E-state index contributed by atoms with van der Waals surface area (Å²) >= 11 is 0. The topological polar surface area (TPSA) is 38.0 Å². The second-order valence-electron chi connectivity index (χ2n) is 7.19. The summed E-state index contributed by atoms with van der Waals surface area (Å²) in [6.07, 6.45) is 10.3. The molecule has 0 aromatic carbocycles. The average Bonchev–Trinajstić information content (AvgIpc) is 2.50. The average molecular weight is 317 g/mol. The molecule has 2 nitrogen and oxygen atoms in total. The lowest BCUT2D eigenvalue weighted by Crippen LogP contribution is -2.21. The van der Waals surface area contributed by atoms with Crippen molar-refractivity contribution in [2.24, 2.45) is 17.6 Å². The van der Waals surface area contributed by atoms with Crippen molar-refractivity contribution in [2.75, 3.05) is 6.54 Å². The number of hydrogen-bond donors (Lipinski definition) is 2. The highest BCUT2D eigenvalue weighted by molar-refractivity contribution is 5.01. The van der Waals surface area contributed by atoms with Gasteiger partial charge in [-0.3, -0.25) is 0 Å². The van der Waals surface area contributed by atoms with Crippen molar-refractivity contribution in [3.05, 3.63) is 24.4 Å². The van der Waals surface area contributed by atoms with E-state index in [-0.39, 0.29) is 6.04 Å². The number of hydrogen-bond acceptors (Lipinski definition) is 2. The molecule has 0 aromatic heterocycles. The summed E-state index contributed by atoms with van der Waals surface area (Å²) in [7, 11) is 0. The lowest BCUT2D eigenvalue weighted by atomic mass is 9.82. The highest BCUT2D eigenvalue weighted by atomic mass is 14.9. The van der Waals surface area contributed by atoms with Gasteiger partial charge in [0.05, 0.1) is 0 Å². The monoisotopic (exact) mass is 316 g/mol. The van der Waals surface area contributed by atoms with Gasteiger partial charge >= 0.3 is 0 Å². The van der Waals surface area contributed by atoms with E-state index in [1.54, 1.807) is 0 Å². The van der Waals surface area contributed by atoms with Crippen LogP contribution < -0.4 is 11.1 Å². The molecule has 0 saturated carbocycles. The Morgan fingerprint density at radius 2 is 1.91 bits per heavy atom. The maximum atomic E-state index is 5.98. The van der Waals surface area contributed by atoms with E-state index in [0.717, 1.165) is 62.5 Å². The molecule has 3 unspecified atom stereocenters. The molecule has 0 bridgehead atoms. The van der Waals surface area contributed by atoms with Crippen LogP contribution in [0.5, 0.6) is 0 Å². The van der Waals surface area contributed by atoms with Crippen molar-refractivity contribution in [3.63, 3.8) is 0 Å². The van der Waals surface area contributed by atoms with E-state index in [4.69, 9.17) is 5.73 Å². The zero-order valence-corrected chi connectivity index (χ0v) is 15.3. The molecule has 0 heterocycles. The van der Waals surface area contributed by atoms with E-state index in [1.165, 1.54) is 25.0 Å². The van der Waals surface area contributed by atoms with E-state index in [2.05, 4.69) is 37.2 Å². The Hall–Kier alpha value is -1.20. The molecule has 0 spiro atoms. The van der Waals surface area contributed by atoms with Crippen molar-refractivity contribution >= 4 is 0 Å². The van der Waals surface area contributed by atoms with Crippen LogP contribution in [0.4, 0.5) is 0 Å². The Balaban J connectivity index is 2.12. The first-order valence-electron chi connectivity index (χ1n) is 9.29. The molecular formula is C21H36N2. The van der Waals surface area contributed by atoms with Crippen LogP contribution in [-0.2, 0) is 0 Å². The molecule has 0 aliphatic heterocycles. The maximum absolute atomic E-state index is 5.98. The summed E-state index contributed by atoms with van der Waals surface area (Å²) < 4.78 is 0. The van der Waals surface area contributed by atoms with Gasteiger partial charge in [-0.25, -0.2) is 0 Å². The molecule has 0 saturated heterocycles. The third-order valence-corrected chi connectivity index (χ3v) is 5.06. The van der Waals surface area contributed by atoms with Crippen LogP contribution in [0.25, 0.3) is 0 Å². The van der Waals surface area contributed by atoms with Gasteiger partial charge in [0, 0.05) is 31.1 Å². The highest BCUT2D eigenvalue weighted by Crippen LogP contribution is 2.28. The molecule has 23 heavy (non-hydrogen) atoms.